The monoisotopic (exact) mass is 239 g/mol. The number of ether oxygens (including phenoxy) is 1. The molecule has 0 spiro atoms. The van der Waals surface area contributed by atoms with E-state index in [0.717, 1.165) is 12.8 Å². The summed E-state index contributed by atoms with van der Waals surface area (Å²) in [5.74, 6) is 1.15. The van der Waals surface area contributed by atoms with E-state index in [1.54, 1.807) is 0 Å². The highest BCUT2D eigenvalue weighted by molar-refractivity contribution is 5.12. The highest BCUT2D eigenvalue weighted by Crippen LogP contribution is 2.43. The van der Waals surface area contributed by atoms with E-state index in [1.807, 2.05) is 6.92 Å². The molecule has 1 heterocycles. The first-order valence-electron chi connectivity index (χ1n) is 6.11. The van der Waals surface area contributed by atoms with Crippen LogP contribution in [0.25, 0.3) is 0 Å². The Balaban J connectivity index is 2.21. The Bertz CT molecular complexity index is 391. The van der Waals surface area contributed by atoms with Crippen LogP contribution in [0.1, 0.15) is 58.4 Å². The maximum Gasteiger partial charge on any atom is 0.246 e. The van der Waals surface area contributed by atoms with Crippen molar-refractivity contribution in [1.82, 2.24) is 10.1 Å². The first-order valence-corrected chi connectivity index (χ1v) is 6.11. The fourth-order valence-electron chi connectivity index (χ4n) is 1.77. The third-order valence-electron chi connectivity index (χ3n) is 3.01. The highest BCUT2D eigenvalue weighted by atomic mass is 16.5. The van der Waals surface area contributed by atoms with Crippen LogP contribution in [0.2, 0.25) is 0 Å². The third-order valence-corrected chi connectivity index (χ3v) is 3.01. The van der Waals surface area contributed by atoms with Crippen LogP contribution in [0.4, 0.5) is 0 Å². The molecule has 1 aromatic rings. The molecule has 0 saturated heterocycles. The number of nitrogens with two attached hydrogens (primary N) is 1. The topological polar surface area (TPSA) is 74.2 Å². The van der Waals surface area contributed by atoms with Crippen LogP contribution in [-0.2, 0) is 10.3 Å². The van der Waals surface area contributed by atoms with E-state index in [-0.39, 0.29) is 17.1 Å². The van der Waals surface area contributed by atoms with Crippen LogP contribution >= 0.6 is 0 Å². The van der Waals surface area contributed by atoms with E-state index in [0.29, 0.717) is 18.3 Å². The third kappa shape index (κ3) is 2.50. The molecule has 1 unspecified atom stereocenters. The molecule has 5 heteroatoms. The Hall–Kier alpha value is -0.940. The lowest BCUT2D eigenvalue weighted by molar-refractivity contribution is -0.0203. The predicted octanol–water partition coefficient (Wildman–Crippen LogP) is 2.14. The van der Waals surface area contributed by atoms with E-state index in [2.05, 4.69) is 30.9 Å². The molecule has 0 amide bonds. The van der Waals surface area contributed by atoms with Crippen molar-refractivity contribution in [2.75, 3.05) is 6.61 Å². The van der Waals surface area contributed by atoms with Crippen LogP contribution in [0.15, 0.2) is 4.52 Å². The molecule has 96 valence electrons. The van der Waals surface area contributed by atoms with Gasteiger partial charge < -0.3 is 15.0 Å². The van der Waals surface area contributed by atoms with Crippen molar-refractivity contribution in [3.63, 3.8) is 0 Å². The van der Waals surface area contributed by atoms with Gasteiger partial charge in [-0.1, -0.05) is 25.9 Å². The average molecular weight is 239 g/mol. The Morgan fingerprint density at radius 3 is 2.59 bits per heavy atom. The highest BCUT2D eigenvalue weighted by Gasteiger charge is 2.46. The average Bonchev–Trinajstić information content (AvgIpc) is 2.80. The molecule has 1 fully saturated rings. The van der Waals surface area contributed by atoms with Crippen molar-refractivity contribution in [3.05, 3.63) is 11.7 Å². The van der Waals surface area contributed by atoms with Crippen molar-refractivity contribution in [2.24, 2.45) is 11.1 Å². The molecule has 0 bridgehead atoms. The molecule has 1 saturated carbocycles. The Kier molecular flexibility index (Phi) is 2.99. The van der Waals surface area contributed by atoms with Gasteiger partial charge in [-0.2, -0.15) is 4.98 Å². The van der Waals surface area contributed by atoms with Gasteiger partial charge in [0, 0.05) is 6.61 Å². The standard InChI is InChI=1S/C12H21N3O2/c1-5-16-8(11(2,3)4)9-14-10(17-15-9)12(13)6-7-12/h8H,5-7,13H2,1-4H3. The molecule has 0 radical (unpaired) electrons. The summed E-state index contributed by atoms with van der Waals surface area (Å²) >= 11 is 0. The van der Waals surface area contributed by atoms with Gasteiger partial charge in [-0.05, 0) is 25.2 Å². The van der Waals surface area contributed by atoms with Crippen molar-refractivity contribution < 1.29 is 9.26 Å². The van der Waals surface area contributed by atoms with E-state index in [4.69, 9.17) is 15.0 Å². The zero-order chi connectivity index (χ0) is 12.7. The summed E-state index contributed by atoms with van der Waals surface area (Å²) in [7, 11) is 0. The maximum atomic E-state index is 6.03. The number of hydrogen-bond donors (Lipinski definition) is 1. The summed E-state index contributed by atoms with van der Waals surface area (Å²) in [6.45, 7) is 8.88. The van der Waals surface area contributed by atoms with Gasteiger partial charge in [0.2, 0.25) is 11.7 Å². The smallest absolute Gasteiger partial charge is 0.246 e. The molecule has 0 aromatic carbocycles. The van der Waals surface area contributed by atoms with Gasteiger partial charge >= 0.3 is 0 Å². The van der Waals surface area contributed by atoms with E-state index in [9.17, 15) is 0 Å². The van der Waals surface area contributed by atoms with Crippen LogP contribution < -0.4 is 5.73 Å². The second kappa shape index (κ2) is 4.07. The SMILES string of the molecule is CCOC(c1noc(C2(N)CC2)n1)C(C)(C)C. The summed E-state index contributed by atoms with van der Waals surface area (Å²) in [5, 5.41) is 4.02. The molecule has 2 N–H and O–H groups in total. The molecule has 1 aliphatic rings. The lowest BCUT2D eigenvalue weighted by Gasteiger charge is -2.27. The first-order chi connectivity index (χ1) is 7.87. The Morgan fingerprint density at radius 1 is 1.47 bits per heavy atom. The molecule has 1 aliphatic carbocycles. The van der Waals surface area contributed by atoms with Crippen molar-refractivity contribution in [1.29, 1.82) is 0 Å². The van der Waals surface area contributed by atoms with Gasteiger partial charge in [0.1, 0.15) is 6.10 Å². The number of aromatic nitrogens is 2. The van der Waals surface area contributed by atoms with Gasteiger partial charge in [-0.3, -0.25) is 0 Å². The largest absolute Gasteiger partial charge is 0.370 e. The summed E-state index contributed by atoms with van der Waals surface area (Å²) in [6, 6.07) is 0. The minimum absolute atomic E-state index is 0.0670. The fraction of sp³-hybridized carbons (Fsp3) is 0.833. The Morgan fingerprint density at radius 2 is 2.12 bits per heavy atom. The quantitative estimate of drug-likeness (QED) is 0.871. The van der Waals surface area contributed by atoms with Crippen molar-refractivity contribution >= 4 is 0 Å². The van der Waals surface area contributed by atoms with Crippen molar-refractivity contribution in [3.8, 4) is 0 Å². The second-order valence-electron chi connectivity index (χ2n) is 5.82. The van der Waals surface area contributed by atoms with E-state index < -0.39 is 0 Å². The van der Waals surface area contributed by atoms with Crippen molar-refractivity contribution in [2.45, 2.75) is 52.2 Å². The number of nitrogens with zero attached hydrogens (tertiary/aromatic N) is 2. The molecule has 2 rings (SSSR count). The maximum absolute atomic E-state index is 6.03. The van der Waals surface area contributed by atoms with E-state index >= 15 is 0 Å². The summed E-state index contributed by atoms with van der Waals surface area (Å²) in [5.41, 5.74) is 5.59. The Labute approximate surface area is 102 Å². The summed E-state index contributed by atoms with van der Waals surface area (Å²) in [4.78, 5) is 4.40. The first kappa shape index (κ1) is 12.5. The number of rotatable bonds is 4. The van der Waals surface area contributed by atoms with Gasteiger partial charge in [0.15, 0.2) is 0 Å². The fourth-order valence-corrected chi connectivity index (χ4v) is 1.77. The van der Waals surface area contributed by atoms with Gasteiger partial charge in [-0.15, -0.1) is 0 Å². The van der Waals surface area contributed by atoms with Gasteiger partial charge in [-0.25, -0.2) is 0 Å². The summed E-state index contributed by atoms with van der Waals surface area (Å²) < 4.78 is 11.0. The molecule has 1 atom stereocenters. The van der Waals surface area contributed by atoms with Crippen LogP contribution in [-0.4, -0.2) is 16.7 Å². The molecule has 0 aliphatic heterocycles. The van der Waals surface area contributed by atoms with Gasteiger partial charge in [0.05, 0.1) is 5.54 Å². The second-order valence-corrected chi connectivity index (χ2v) is 5.82. The molecule has 1 aromatic heterocycles. The van der Waals surface area contributed by atoms with Crippen LogP contribution in [0.3, 0.4) is 0 Å². The zero-order valence-corrected chi connectivity index (χ0v) is 11.0. The molecule has 17 heavy (non-hydrogen) atoms. The number of hydrogen-bond acceptors (Lipinski definition) is 5. The van der Waals surface area contributed by atoms with E-state index in [1.165, 1.54) is 0 Å². The normalized spacial score (nSPS) is 20.3. The molecular weight excluding hydrogens is 218 g/mol. The van der Waals surface area contributed by atoms with Crippen LogP contribution in [0, 0.1) is 5.41 Å². The lowest BCUT2D eigenvalue weighted by atomic mass is 9.88. The van der Waals surface area contributed by atoms with Crippen LogP contribution in [0.5, 0.6) is 0 Å². The minimum Gasteiger partial charge on any atom is -0.370 e. The molecule has 5 nitrogen and oxygen atoms in total. The lowest BCUT2D eigenvalue weighted by Crippen LogP contribution is -2.23. The zero-order valence-electron chi connectivity index (χ0n) is 11.0. The minimum atomic E-state index is -0.375. The summed E-state index contributed by atoms with van der Waals surface area (Å²) in [6.07, 6.45) is 1.68. The predicted molar refractivity (Wildman–Crippen MR) is 63.2 cm³/mol. The molecular formula is C12H21N3O2. The van der Waals surface area contributed by atoms with Gasteiger partial charge in [0.25, 0.3) is 0 Å².